The first-order valence-electron chi connectivity index (χ1n) is 5.23. The Labute approximate surface area is 93.1 Å². The third kappa shape index (κ3) is 3.00. The van der Waals surface area contributed by atoms with Gasteiger partial charge in [0.25, 0.3) is 0 Å². The summed E-state index contributed by atoms with van der Waals surface area (Å²) in [5.74, 6) is 0.288. The van der Waals surface area contributed by atoms with Gasteiger partial charge in [0.2, 0.25) is 5.91 Å². The molecule has 1 aliphatic heterocycles. The summed E-state index contributed by atoms with van der Waals surface area (Å²) in [6.45, 7) is 2.41. The summed E-state index contributed by atoms with van der Waals surface area (Å²) in [7, 11) is 0. The van der Waals surface area contributed by atoms with E-state index in [-0.39, 0.29) is 11.8 Å². The van der Waals surface area contributed by atoms with Crippen molar-refractivity contribution in [2.75, 3.05) is 13.1 Å². The molecule has 15 heavy (non-hydrogen) atoms. The molecule has 0 radical (unpaired) electrons. The Balaban J connectivity index is 1.76. The van der Waals surface area contributed by atoms with E-state index in [4.69, 9.17) is 0 Å². The maximum Gasteiger partial charge on any atom is 0.224 e. The van der Waals surface area contributed by atoms with Crippen LogP contribution in [0.25, 0.3) is 0 Å². The van der Waals surface area contributed by atoms with E-state index in [1.54, 1.807) is 17.5 Å². The summed E-state index contributed by atoms with van der Waals surface area (Å²) in [5.41, 5.74) is 0. The Hall–Kier alpha value is -0.940. The minimum atomic E-state index is 0.138. The van der Waals surface area contributed by atoms with Crippen LogP contribution < -0.4 is 10.6 Å². The molecule has 1 atom stereocenters. The molecule has 1 aromatic rings. The number of carbonyl (C=O) groups excluding carboxylic acids is 1. The monoisotopic (exact) mass is 225 g/mol. The maximum atomic E-state index is 11.7. The number of carbonyl (C=O) groups is 1. The molecule has 5 heteroatoms. The molecule has 0 bridgehead atoms. The molecule has 0 spiro atoms. The Bertz CT molecular complexity index is 306. The number of amides is 1. The lowest BCUT2D eigenvalue weighted by atomic mass is 9.99. The van der Waals surface area contributed by atoms with Crippen LogP contribution >= 0.6 is 11.3 Å². The average Bonchev–Trinajstić information content (AvgIpc) is 2.80. The fourth-order valence-corrected chi connectivity index (χ4v) is 2.28. The summed E-state index contributed by atoms with van der Waals surface area (Å²) in [6.07, 6.45) is 3.85. The van der Waals surface area contributed by atoms with E-state index in [9.17, 15) is 4.79 Å². The highest BCUT2D eigenvalue weighted by atomic mass is 32.1. The Morgan fingerprint density at radius 3 is 3.33 bits per heavy atom. The van der Waals surface area contributed by atoms with Crippen LogP contribution in [0.1, 0.15) is 17.8 Å². The third-order valence-electron chi connectivity index (χ3n) is 2.56. The predicted octanol–water partition coefficient (Wildman–Crippen LogP) is 0.759. The fraction of sp³-hybridized carbons (Fsp3) is 0.600. The van der Waals surface area contributed by atoms with Crippen LogP contribution in [0, 0.1) is 5.92 Å². The molecule has 2 N–H and O–H groups in total. The van der Waals surface area contributed by atoms with Crippen molar-refractivity contribution in [1.82, 2.24) is 15.6 Å². The van der Waals surface area contributed by atoms with E-state index in [1.807, 2.05) is 5.38 Å². The maximum absolute atomic E-state index is 11.7. The molecule has 1 aliphatic rings. The van der Waals surface area contributed by atoms with Crippen molar-refractivity contribution in [2.24, 2.45) is 5.92 Å². The average molecular weight is 225 g/mol. The van der Waals surface area contributed by atoms with E-state index in [2.05, 4.69) is 15.6 Å². The number of rotatable bonds is 3. The molecule has 82 valence electrons. The van der Waals surface area contributed by atoms with Crippen molar-refractivity contribution in [3.05, 3.63) is 16.6 Å². The number of nitrogens with zero attached hydrogens (tertiary/aromatic N) is 1. The molecule has 0 unspecified atom stereocenters. The number of hydrogen-bond donors (Lipinski definition) is 2. The van der Waals surface area contributed by atoms with Crippen LogP contribution in [0.2, 0.25) is 0 Å². The van der Waals surface area contributed by atoms with E-state index in [1.165, 1.54) is 0 Å². The van der Waals surface area contributed by atoms with Crippen molar-refractivity contribution >= 4 is 17.2 Å². The second-order valence-electron chi connectivity index (χ2n) is 3.69. The standard InChI is InChI=1S/C10H15N3OS/c14-10(8-2-1-3-11-6-8)13-7-9-12-4-5-15-9/h4-5,8,11H,1-3,6-7H2,(H,13,14)/t8-/m0/s1. The summed E-state index contributed by atoms with van der Waals surface area (Å²) in [4.78, 5) is 15.8. The van der Waals surface area contributed by atoms with Crippen LogP contribution in [0.3, 0.4) is 0 Å². The van der Waals surface area contributed by atoms with Gasteiger partial charge in [0.05, 0.1) is 12.5 Å². The first-order chi connectivity index (χ1) is 7.36. The highest BCUT2D eigenvalue weighted by Gasteiger charge is 2.20. The first kappa shape index (κ1) is 10.6. The molecule has 0 aliphatic carbocycles. The molecule has 1 saturated heterocycles. The minimum absolute atomic E-state index is 0.138. The van der Waals surface area contributed by atoms with Gasteiger partial charge in [0.15, 0.2) is 0 Å². The van der Waals surface area contributed by atoms with E-state index in [0.717, 1.165) is 30.9 Å². The van der Waals surface area contributed by atoms with Gasteiger partial charge in [0, 0.05) is 18.1 Å². The van der Waals surface area contributed by atoms with Crippen LogP contribution in [0.5, 0.6) is 0 Å². The van der Waals surface area contributed by atoms with Crippen molar-refractivity contribution in [2.45, 2.75) is 19.4 Å². The fourth-order valence-electron chi connectivity index (χ4n) is 1.72. The van der Waals surface area contributed by atoms with E-state index < -0.39 is 0 Å². The number of piperidine rings is 1. The Morgan fingerprint density at radius 1 is 1.73 bits per heavy atom. The van der Waals surface area contributed by atoms with Gasteiger partial charge >= 0.3 is 0 Å². The predicted molar refractivity (Wildman–Crippen MR) is 59.6 cm³/mol. The van der Waals surface area contributed by atoms with Crippen LogP contribution in [-0.4, -0.2) is 24.0 Å². The molecule has 2 heterocycles. The Morgan fingerprint density at radius 2 is 2.67 bits per heavy atom. The summed E-state index contributed by atoms with van der Waals surface area (Å²) in [5, 5.41) is 9.04. The van der Waals surface area contributed by atoms with Crippen molar-refractivity contribution < 1.29 is 4.79 Å². The van der Waals surface area contributed by atoms with Gasteiger partial charge in [0.1, 0.15) is 5.01 Å². The van der Waals surface area contributed by atoms with Gasteiger partial charge in [-0.1, -0.05) is 0 Å². The molecule has 4 nitrogen and oxygen atoms in total. The molecule has 1 amide bonds. The SMILES string of the molecule is O=C(NCc1nccs1)[C@H]1CCCNC1. The highest BCUT2D eigenvalue weighted by Crippen LogP contribution is 2.10. The summed E-state index contributed by atoms with van der Waals surface area (Å²) in [6, 6.07) is 0. The molecular formula is C10H15N3OS. The number of thiazole rings is 1. The normalized spacial score (nSPS) is 21.2. The lowest BCUT2D eigenvalue weighted by Crippen LogP contribution is -2.40. The molecular weight excluding hydrogens is 210 g/mol. The molecule has 0 aromatic carbocycles. The second-order valence-corrected chi connectivity index (χ2v) is 4.67. The number of hydrogen-bond acceptors (Lipinski definition) is 4. The molecule has 1 aromatic heterocycles. The van der Waals surface area contributed by atoms with Gasteiger partial charge in [-0.25, -0.2) is 4.98 Å². The lowest BCUT2D eigenvalue weighted by Gasteiger charge is -2.21. The van der Waals surface area contributed by atoms with Crippen molar-refractivity contribution in [1.29, 1.82) is 0 Å². The van der Waals surface area contributed by atoms with Gasteiger partial charge in [-0.15, -0.1) is 11.3 Å². The molecule has 1 fully saturated rings. The van der Waals surface area contributed by atoms with Gasteiger partial charge in [-0.3, -0.25) is 4.79 Å². The third-order valence-corrected chi connectivity index (χ3v) is 3.34. The smallest absolute Gasteiger partial charge is 0.224 e. The highest BCUT2D eigenvalue weighted by molar-refractivity contribution is 7.09. The van der Waals surface area contributed by atoms with Crippen LogP contribution in [-0.2, 0) is 11.3 Å². The Kier molecular flexibility index (Phi) is 3.69. The van der Waals surface area contributed by atoms with Gasteiger partial charge < -0.3 is 10.6 Å². The second kappa shape index (κ2) is 5.23. The topological polar surface area (TPSA) is 54.0 Å². The quantitative estimate of drug-likeness (QED) is 0.798. The van der Waals surface area contributed by atoms with Crippen LogP contribution in [0.15, 0.2) is 11.6 Å². The first-order valence-corrected chi connectivity index (χ1v) is 6.11. The summed E-state index contributed by atoms with van der Waals surface area (Å²) >= 11 is 1.57. The zero-order valence-corrected chi connectivity index (χ0v) is 9.35. The van der Waals surface area contributed by atoms with Crippen molar-refractivity contribution in [3.63, 3.8) is 0 Å². The molecule has 0 saturated carbocycles. The van der Waals surface area contributed by atoms with E-state index >= 15 is 0 Å². The van der Waals surface area contributed by atoms with Gasteiger partial charge in [-0.05, 0) is 19.4 Å². The summed E-state index contributed by atoms with van der Waals surface area (Å²) < 4.78 is 0. The number of nitrogens with one attached hydrogen (secondary N) is 2. The van der Waals surface area contributed by atoms with Crippen LogP contribution in [0.4, 0.5) is 0 Å². The zero-order chi connectivity index (χ0) is 10.5. The molecule has 2 rings (SSSR count). The largest absolute Gasteiger partial charge is 0.349 e. The van der Waals surface area contributed by atoms with Gasteiger partial charge in [-0.2, -0.15) is 0 Å². The lowest BCUT2D eigenvalue weighted by molar-refractivity contribution is -0.125. The number of aromatic nitrogens is 1. The zero-order valence-electron chi connectivity index (χ0n) is 8.53. The minimum Gasteiger partial charge on any atom is -0.349 e. The van der Waals surface area contributed by atoms with E-state index in [0.29, 0.717) is 6.54 Å². The van der Waals surface area contributed by atoms with Crippen molar-refractivity contribution in [3.8, 4) is 0 Å².